The van der Waals surface area contributed by atoms with Gasteiger partial charge in [0.05, 0.1) is 6.10 Å². The van der Waals surface area contributed by atoms with Gasteiger partial charge in [0.1, 0.15) is 6.23 Å². The Kier molecular flexibility index (Phi) is 3.19. The van der Waals surface area contributed by atoms with Crippen LogP contribution in [-0.2, 0) is 4.74 Å². The standard InChI is InChI=1S/C12H18N2O3/c1-7(2)9-4-5-10(17-9)14-6-8(3)11(15)13-12(14)16/h6-7,9-10H,4-5H2,1-3H3,(H,13,15,16). The summed E-state index contributed by atoms with van der Waals surface area (Å²) >= 11 is 0. The van der Waals surface area contributed by atoms with Crippen molar-refractivity contribution in [1.82, 2.24) is 9.55 Å². The molecule has 5 heteroatoms. The molecule has 0 radical (unpaired) electrons. The minimum atomic E-state index is -0.394. The van der Waals surface area contributed by atoms with E-state index in [0.29, 0.717) is 11.5 Å². The largest absolute Gasteiger partial charge is 0.354 e. The Hall–Kier alpha value is -1.36. The van der Waals surface area contributed by atoms with Crippen LogP contribution < -0.4 is 11.2 Å². The summed E-state index contributed by atoms with van der Waals surface area (Å²) in [6.45, 7) is 5.89. The van der Waals surface area contributed by atoms with Gasteiger partial charge in [-0.1, -0.05) is 13.8 Å². The number of ether oxygens (including phenoxy) is 1. The molecule has 1 aromatic rings. The molecule has 2 rings (SSSR count). The lowest BCUT2D eigenvalue weighted by atomic mass is 10.1. The number of nitrogens with zero attached hydrogens (tertiary/aromatic N) is 1. The number of aromatic amines is 1. The molecule has 2 unspecified atom stereocenters. The highest BCUT2D eigenvalue weighted by atomic mass is 16.5. The molecule has 1 fully saturated rings. The second-order valence-electron chi connectivity index (χ2n) is 4.93. The Labute approximate surface area is 99.4 Å². The van der Waals surface area contributed by atoms with E-state index in [1.165, 1.54) is 4.57 Å². The Morgan fingerprint density at radius 2 is 2.12 bits per heavy atom. The highest BCUT2D eigenvalue weighted by Gasteiger charge is 2.29. The predicted molar refractivity (Wildman–Crippen MR) is 64.0 cm³/mol. The number of rotatable bonds is 2. The Balaban J connectivity index is 2.28. The normalized spacial score (nSPS) is 24.5. The van der Waals surface area contributed by atoms with Crippen molar-refractivity contribution >= 4 is 0 Å². The predicted octanol–water partition coefficient (Wildman–Crippen LogP) is 1.18. The highest BCUT2D eigenvalue weighted by Crippen LogP contribution is 2.30. The van der Waals surface area contributed by atoms with Crippen molar-refractivity contribution in [2.75, 3.05) is 0 Å². The summed E-state index contributed by atoms with van der Waals surface area (Å²) in [7, 11) is 0. The molecule has 0 amide bonds. The fraction of sp³-hybridized carbons (Fsp3) is 0.667. The van der Waals surface area contributed by atoms with E-state index in [1.807, 2.05) is 0 Å². The minimum Gasteiger partial charge on any atom is -0.354 e. The van der Waals surface area contributed by atoms with Gasteiger partial charge in [0, 0.05) is 11.8 Å². The van der Waals surface area contributed by atoms with Crippen LogP contribution in [0.4, 0.5) is 0 Å². The number of aryl methyl sites for hydroxylation is 1. The fourth-order valence-corrected chi connectivity index (χ4v) is 2.14. The summed E-state index contributed by atoms with van der Waals surface area (Å²) < 4.78 is 7.31. The lowest BCUT2D eigenvalue weighted by molar-refractivity contribution is -0.0209. The molecule has 2 heterocycles. The first kappa shape index (κ1) is 12.1. The summed E-state index contributed by atoms with van der Waals surface area (Å²) in [4.78, 5) is 25.3. The van der Waals surface area contributed by atoms with E-state index in [2.05, 4.69) is 18.8 Å². The smallest absolute Gasteiger partial charge is 0.330 e. The third-order valence-electron chi connectivity index (χ3n) is 3.23. The van der Waals surface area contributed by atoms with Crippen molar-refractivity contribution in [3.05, 3.63) is 32.6 Å². The van der Waals surface area contributed by atoms with Gasteiger partial charge in [0.15, 0.2) is 0 Å². The lowest BCUT2D eigenvalue weighted by Gasteiger charge is -2.18. The van der Waals surface area contributed by atoms with Gasteiger partial charge < -0.3 is 4.74 Å². The van der Waals surface area contributed by atoms with E-state index in [9.17, 15) is 9.59 Å². The van der Waals surface area contributed by atoms with Crippen LogP contribution in [0.5, 0.6) is 0 Å². The molecule has 2 atom stereocenters. The molecular formula is C12H18N2O3. The summed E-state index contributed by atoms with van der Waals surface area (Å²) in [5, 5.41) is 0. The first-order valence-corrected chi connectivity index (χ1v) is 5.96. The molecule has 0 aliphatic carbocycles. The summed E-state index contributed by atoms with van der Waals surface area (Å²) in [6.07, 6.45) is 3.29. The van der Waals surface area contributed by atoms with Gasteiger partial charge in [0.2, 0.25) is 0 Å². The Morgan fingerprint density at radius 1 is 1.41 bits per heavy atom. The van der Waals surface area contributed by atoms with Gasteiger partial charge >= 0.3 is 5.69 Å². The lowest BCUT2D eigenvalue weighted by Crippen LogP contribution is -2.33. The third kappa shape index (κ3) is 2.34. The zero-order chi connectivity index (χ0) is 12.6. The van der Waals surface area contributed by atoms with E-state index in [0.717, 1.165) is 12.8 Å². The third-order valence-corrected chi connectivity index (χ3v) is 3.23. The molecule has 0 bridgehead atoms. The number of aromatic nitrogens is 2. The van der Waals surface area contributed by atoms with Gasteiger partial charge in [-0.05, 0) is 25.7 Å². The van der Waals surface area contributed by atoms with Crippen LogP contribution in [0.1, 0.15) is 38.5 Å². The fourth-order valence-electron chi connectivity index (χ4n) is 2.14. The Morgan fingerprint density at radius 3 is 2.71 bits per heavy atom. The van der Waals surface area contributed by atoms with Crippen LogP contribution in [0, 0.1) is 12.8 Å². The Bertz CT molecular complexity index is 515. The molecule has 0 saturated carbocycles. The van der Waals surface area contributed by atoms with Gasteiger partial charge in [-0.15, -0.1) is 0 Å². The number of hydrogen-bond acceptors (Lipinski definition) is 3. The van der Waals surface area contributed by atoms with Crippen LogP contribution in [0.25, 0.3) is 0 Å². The van der Waals surface area contributed by atoms with Crippen LogP contribution in [0.2, 0.25) is 0 Å². The SMILES string of the molecule is Cc1cn(C2CCC(C(C)C)O2)c(=O)[nH]c1=O. The first-order chi connectivity index (χ1) is 7.99. The zero-order valence-corrected chi connectivity index (χ0v) is 10.4. The van der Waals surface area contributed by atoms with E-state index in [1.54, 1.807) is 13.1 Å². The first-order valence-electron chi connectivity index (χ1n) is 5.96. The van der Waals surface area contributed by atoms with Crippen LogP contribution in [0.15, 0.2) is 15.8 Å². The van der Waals surface area contributed by atoms with Crippen molar-refractivity contribution in [2.24, 2.45) is 5.92 Å². The zero-order valence-electron chi connectivity index (χ0n) is 10.4. The van der Waals surface area contributed by atoms with Crippen molar-refractivity contribution in [3.63, 3.8) is 0 Å². The minimum absolute atomic E-state index is 0.194. The van der Waals surface area contributed by atoms with Gasteiger partial charge in [0.25, 0.3) is 5.56 Å². The number of hydrogen-bond donors (Lipinski definition) is 1. The average Bonchev–Trinajstić information content (AvgIpc) is 2.72. The van der Waals surface area contributed by atoms with Crippen LogP contribution in [-0.4, -0.2) is 15.7 Å². The van der Waals surface area contributed by atoms with Crippen molar-refractivity contribution in [2.45, 2.75) is 45.9 Å². The van der Waals surface area contributed by atoms with Gasteiger partial charge in [-0.25, -0.2) is 4.79 Å². The number of H-pyrrole nitrogens is 1. The molecule has 1 aliphatic heterocycles. The highest BCUT2D eigenvalue weighted by molar-refractivity contribution is 5.01. The average molecular weight is 238 g/mol. The molecule has 1 saturated heterocycles. The molecule has 0 aromatic carbocycles. The molecule has 5 nitrogen and oxygen atoms in total. The molecule has 94 valence electrons. The van der Waals surface area contributed by atoms with Crippen molar-refractivity contribution < 1.29 is 4.74 Å². The molecule has 1 N–H and O–H groups in total. The topological polar surface area (TPSA) is 64.1 Å². The maximum Gasteiger partial charge on any atom is 0.330 e. The van der Waals surface area contributed by atoms with E-state index < -0.39 is 5.69 Å². The summed E-state index contributed by atoms with van der Waals surface area (Å²) in [6, 6.07) is 0. The molecule has 0 spiro atoms. The van der Waals surface area contributed by atoms with E-state index in [4.69, 9.17) is 4.74 Å². The van der Waals surface area contributed by atoms with E-state index >= 15 is 0 Å². The van der Waals surface area contributed by atoms with E-state index in [-0.39, 0.29) is 17.9 Å². The van der Waals surface area contributed by atoms with Crippen LogP contribution in [0.3, 0.4) is 0 Å². The second-order valence-corrected chi connectivity index (χ2v) is 4.93. The van der Waals surface area contributed by atoms with Crippen LogP contribution >= 0.6 is 0 Å². The quantitative estimate of drug-likeness (QED) is 0.841. The number of nitrogens with one attached hydrogen (secondary N) is 1. The second kappa shape index (κ2) is 4.49. The summed E-state index contributed by atoms with van der Waals surface area (Å²) in [5.74, 6) is 0.444. The molecule has 17 heavy (non-hydrogen) atoms. The monoisotopic (exact) mass is 238 g/mol. The van der Waals surface area contributed by atoms with Gasteiger partial charge in [-0.3, -0.25) is 14.3 Å². The molecular weight excluding hydrogens is 220 g/mol. The van der Waals surface area contributed by atoms with Crippen molar-refractivity contribution in [1.29, 1.82) is 0 Å². The molecule has 1 aliphatic rings. The van der Waals surface area contributed by atoms with Gasteiger partial charge in [-0.2, -0.15) is 0 Å². The maximum absolute atomic E-state index is 11.7. The van der Waals surface area contributed by atoms with Crippen molar-refractivity contribution in [3.8, 4) is 0 Å². The summed E-state index contributed by atoms with van der Waals surface area (Å²) in [5.41, 5.74) is -0.194. The maximum atomic E-state index is 11.7. The molecule has 1 aromatic heterocycles.